The van der Waals surface area contributed by atoms with Crippen LogP contribution in [0, 0.1) is 5.92 Å². The lowest BCUT2D eigenvalue weighted by molar-refractivity contribution is -0.140. The predicted octanol–water partition coefficient (Wildman–Crippen LogP) is 2.75. The van der Waals surface area contributed by atoms with Crippen molar-refractivity contribution in [1.29, 1.82) is 0 Å². The summed E-state index contributed by atoms with van der Waals surface area (Å²) in [6, 6.07) is 5.68. The van der Waals surface area contributed by atoms with E-state index in [1.165, 1.54) is 16.7 Å². The Hall–Kier alpha value is -2.19. The molecular formula is C18H20N2O4S2. The molecule has 138 valence electrons. The number of nitrogens with one attached hydrogen (secondary N) is 1. The van der Waals surface area contributed by atoms with Gasteiger partial charge in [-0.1, -0.05) is 56.4 Å². The highest BCUT2D eigenvalue weighted by atomic mass is 32.2. The number of carbonyl (C=O) groups is 3. The maximum atomic E-state index is 12.3. The largest absolute Gasteiger partial charge is 0.480 e. The van der Waals surface area contributed by atoms with Crippen molar-refractivity contribution in [3.05, 3.63) is 40.3 Å². The third kappa shape index (κ3) is 4.50. The Morgan fingerprint density at radius 3 is 2.42 bits per heavy atom. The van der Waals surface area contributed by atoms with Gasteiger partial charge in [0.15, 0.2) is 0 Å². The molecule has 0 bridgehead atoms. The lowest BCUT2D eigenvalue weighted by atomic mass is 9.99. The molecule has 6 nitrogen and oxygen atoms in total. The maximum Gasteiger partial charge on any atom is 0.326 e. The van der Waals surface area contributed by atoms with Crippen LogP contribution in [-0.4, -0.2) is 45.2 Å². The van der Waals surface area contributed by atoms with Crippen LogP contribution in [-0.2, 0) is 9.59 Å². The first-order chi connectivity index (χ1) is 12.2. The molecule has 1 saturated heterocycles. The van der Waals surface area contributed by atoms with Crippen molar-refractivity contribution < 1.29 is 19.5 Å². The highest BCUT2D eigenvalue weighted by Crippen LogP contribution is 2.31. The molecule has 0 spiro atoms. The van der Waals surface area contributed by atoms with E-state index in [9.17, 15) is 19.5 Å². The number of hydrogen-bond donors (Lipinski definition) is 2. The van der Waals surface area contributed by atoms with E-state index in [0.717, 1.165) is 5.56 Å². The van der Waals surface area contributed by atoms with E-state index in [4.69, 9.17) is 12.2 Å². The molecule has 1 aliphatic rings. The van der Waals surface area contributed by atoms with Gasteiger partial charge in [-0.05, 0) is 29.7 Å². The minimum absolute atomic E-state index is 0.153. The molecule has 1 aliphatic heterocycles. The number of benzene rings is 1. The van der Waals surface area contributed by atoms with Crippen molar-refractivity contribution in [3.8, 4) is 0 Å². The van der Waals surface area contributed by atoms with E-state index in [0.29, 0.717) is 21.2 Å². The van der Waals surface area contributed by atoms with Crippen molar-refractivity contribution in [2.45, 2.75) is 26.3 Å². The van der Waals surface area contributed by atoms with Crippen LogP contribution < -0.4 is 5.32 Å². The first-order valence-corrected chi connectivity index (χ1v) is 9.32. The minimum Gasteiger partial charge on any atom is -0.480 e. The van der Waals surface area contributed by atoms with Gasteiger partial charge in [0.25, 0.3) is 11.8 Å². The van der Waals surface area contributed by atoms with Crippen molar-refractivity contribution in [1.82, 2.24) is 10.2 Å². The highest BCUT2D eigenvalue weighted by Gasteiger charge is 2.29. The molecule has 8 heteroatoms. The van der Waals surface area contributed by atoms with Gasteiger partial charge in [-0.3, -0.25) is 14.5 Å². The smallest absolute Gasteiger partial charge is 0.326 e. The summed E-state index contributed by atoms with van der Waals surface area (Å²) in [6.45, 7) is 3.66. The molecule has 0 unspecified atom stereocenters. The van der Waals surface area contributed by atoms with Crippen LogP contribution in [0.1, 0.15) is 36.2 Å². The molecule has 2 amide bonds. The summed E-state index contributed by atoms with van der Waals surface area (Å²) >= 11 is 6.31. The van der Waals surface area contributed by atoms with E-state index in [-0.39, 0.29) is 11.8 Å². The fraction of sp³-hybridized carbons (Fsp3) is 0.333. The molecule has 1 aromatic carbocycles. The Labute approximate surface area is 161 Å². The second-order valence-corrected chi connectivity index (χ2v) is 7.71. The first kappa shape index (κ1) is 20.1. The summed E-state index contributed by atoms with van der Waals surface area (Å²) in [4.78, 5) is 37.6. The third-order valence-electron chi connectivity index (χ3n) is 4.22. The average Bonchev–Trinajstić information content (AvgIpc) is 2.86. The zero-order valence-corrected chi connectivity index (χ0v) is 16.3. The van der Waals surface area contributed by atoms with Crippen LogP contribution in [0.3, 0.4) is 0 Å². The lowest BCUT2D eigenvalue weighted by Gasteiger charge is -2.20. The Morgan fingerprint density at radius 2 is 1.96 bits per heavy atom. The standard InChI is InChI=1S/C18H20N2O4S2/c1-4-10(2)14(17(23)24)19-15(21)12-7-5-11(6-8-12)9-13-16(22)20(3)18(25)26-13/h5-10,14H,4H2,1-3H3,(H,19,21)(H,23,24)/b13-9+/t10-,14+/m1/s1. The SMILES string of the molecule is CC[C@@H](C)[C@H](NC(=O)c1ccc(/C=C2/SC(=S)N(C)C2=O)cc1)C(=O)O. The Kier molecular flexibility index (Phi) is 6.55. The summed E-state index contributed by atoms with van der Waals surface area (Å²) in [6.07, 6.45) is 2.36. The molecule has 2 N–H and O–H groups in total. The van der Waals surface area contributed by atoms with E-state index >= 15 is 0 Å². The normalized spacial score (nSPS) is 18.1. The molecule has 0 radical (unpaired) electrons. The van der Waals surface area contributed by atoms with Crippen LogP contribution in [0.15, 0.2) is 29.2 Å². The van der Waals surface area contributed by atoms with Crippen LogP contribution in [0.2, 0.25) is 0 Å². The number of nitrogens with zero attached hydrogens (tertiary/aromatic N) is 1. The number of hydrogen-bond acceptors (Lipinski definition) is 5. The van der Waals surface area contributed by atoms with Crippen LogP contribution in [0.4, 0.5) is 0 Å². The molecule has 1 fully saturated rings. The Bertz CT molecular complexity index is 774. The number of thiocarbonyl (C=S) groups is 1. The van der Waals surface area contributed by atoms with Crippen molar-refractivity contribution in [2.24, 2.45) is 5.92 Å². The number of carbonyl (C=O) groups excluding carboxylic acids is 2. The zero-order valence-electron chi connectivity index (χ0n) is 14.7. The molecule has 0 saturated carbocycles. The van der Waals surface area contributed by atoms with Gasteiger partial charge < -0.3 is 10.4 Å². The number of carboxylic acids is 1. The minimum atomic E-state index is -1.05. The van der Waals surface area contributed by atoms with Gasteiger partial charge in [-0.2, -0.15) is 0 Å². The molecule has 0 aliphatic carbocycles. The van der Waals surface area contributed by atoms with E-state index in [2.05, 4.69) is 5.32 Å². The monoisotopic (exact) mass is 392 g/mol. The van der Waals surface area contributed by atoms with Gasteiger partial charge >= 0.3 is 5.97 Å². The number of likely N-dealkylation sites (N-methyl/N-ethyl adjacent to an activating group) is 1. The number of aliphatic carboxylic acids is 1. The van der Waals surface area contributed by atoms with E-state index < -0.39 is 17.9 Å². The Balaban J connectivity index is 2.12. The molecule has 26 heavy (non-hydrogen) atoms. The van der Waals surface area contributed by atoms with E-state index in [1.807, 2.05) is 6.92 Å². The van der Waals surface area contributed by atoms with E-state index in [1.54, 1.807) is 44.3 Å². The van der Waals surface area contributed by atoms with Crippen molar-refractivity contribution in [2.75, 3.05) is 7.05 Å². The van der Waals surface area contributed by atoms with Crippen molar-refractivity contribution >= 4 is 52.2 Å². The van der Waals surface area contributed by atoms with Crippen LogP contribution >= 0.6 is 24.0 Å². The quantitative estimate of drug-likeness (QED) is 0.572. The predicted molar refractivity (Wildman–Crippen MR) is 106 cm³/mol. The summed E-state index contributed by atoms with van der Waals surface area (Å²) < 4.78 is 0.502. The maximum absolute atomic E-state index is 12.3. The molecule has 1 heterocycles. The number of carboxylic acid groups (broad SMARTS) is 1. The second kappa shape index (κ2) is 8.46. The van der Waals surface area contributed by atoms with Gasteiger partial charge in [0.2, 0.25) is 0 Å². The molecule has 2 rings (SSSR count). The fourth-order valence-corrected chi connectivity index (χ4v) is 3.51. The molecule has 1 aromatic rings. The van der Waals surface area contributed by atoms with Crippen molar-refractivity contribution in [3.63, 3.8) is 0 Å². The molecular weight excluding hydrogens is 372 g/mol. The number of thioether (sulfide) groups is 1. The Morgan fingerprint density at radius 1 is 1.35 bits per heavy atom. The summed E-state index contributed by atoms with van der Waals surface area (Å²) in [7, 11) is 1.63. The molecule has 2 atom stereocenters. The second-order valence-electron chi connectivity index (χ2n) is 6.04. The van der Waals surface area contributed by atoms with Gasteiger partial charge in [-0.25, -0.2) is 4.79 Å². The van der Waals surface area contributed by atoms with Crippen LogP contribution in [0.25, 0.3) is 6.08 Å². The zero-order chi connectivity index (χ0) is 19.4. The fourth-order valence-electron chi connectivity index (χ4n) is 2.34. The topological polar surface area (TPSA) is 86.7 Å². The third-order valence-corrected chi connectivity index (χ3v) is 5.71. The summed E-state index contributed by atoms with van der Waals surface area (Å²) in [5.41, 5.74) is 1.12. The van der Waals surface area contributed by atoms with Gasteiger partial charge in [0.05, 0.1) is 4.91 Å². The van der Waals surface area contributed by atoms with Gasteiger partial charge in [0.1, 0.15) is 10.4 Å². The first-order valence-electron chi connectivity index (χ1n) is 8.09. The molecule has 0 aromatic heterocycles. The average molecular weight is 393 g/mol. The summed E-state index contributed by atoms with van der Waals surface area (Å²) in [5, 5.41) is 11.8. The lowest BCUT2D eigenvalue weighted by Crippen LogP contribution is -2.45. The number of amides is 2. The van der Waals surface area contributed by atoms with Gasteiger partial charge in [-0.15, -0.1) is 0 Å². The highest BCUT2D eigenvalue weighted by molar-refractivity contribution is 8.26. The summed E-state index contributed by atoms with van der Waals surface area (Å²) in [5.74, 6) is -1.82. The number of rotatable bonds is 6. The van der Waals surface area contributed by atoms with Crippen LogP contribution in [0.5, 0.6) is 0 Å². The van der Waals surface area contributed by atoms with Gasteiger partial charge in [0, 0.05) is 12.6 Å².